The number of hydrogen-bond acceptors (Lipinski definition) is 3. The molecule has 1 aromatic rings. The summed E-state index contributed by atoms with van der Waals surface area (Å²) in [6.07, 6.45) is -3.56. The van der Waals surface area contributed by atoms with E-state index in [9.17, 15) is 13.2 Å². The highest BCUT2D eigenvalue weighted by Crippen LogP contribution is 2.31. The van der Waals surface area contributed by atoms with Gasteiger partial charge >= 0.3 is 6.18 Å². The van der Waals surface area contributed by atoms with E-state index in [-0.39, 0.29) is 10.8 Å². The molecule has 1 atom stereocenters. The van der Waals surface area contributed by atoms with Crippen molar-refractivity contribution in [2.45, 2.75) is 33.4 Å². The van der Waals surface area contributed by atoms with Gasteiger partial charge < -0.3 is 10.6 Å². The van der Waals surface area contributed by atoms with E-state index < -0.39 is 11.9 Å². The molecule has 0 aliphatic carbocycles. The first-order valence-corrected chi connectivity index (χ1v) is 7.24. The zero-order valence-corrected chi connectivity index (χ0v) is 13.2. The molecule has 0 aliphatic heterocycles. The first-order valence-electron chi connectivity index (χ1n) is 6.83. The van der Waals surface area contributed by atoms with Crippen molar-refractivity contribution in [3.8, 4) is 0 Å². The Hall–Kier alpha value is -1.37. The number of hydrogen-bond donors (Lipinski definition) is 1. The molecule has 0 bridgehead atoms. The van der Waals surface area contributed by atoms with Gasteiger partial charge in [0, 0.05) is 13.1 Å². The fourth-order valence-electron chi connectivity index (χ4n) is 1.91. The minimum absolute atomic E-state index is 0.0498. The summed E-state index contributed by atoms with van der Waals surface area (Å²) in [7, 11) is 0. The quantitative estimate of drug-likeness (QED) is 0.814. The Labute approximate surface area is 128 Å². The summed E-state index contributed by atoms with van der Waals surface area (Å²) >= 11 is 4.93. The van der Waals surface area contributed by atoms with Crippen molar-refractivity contribution < 1.29 is 13.2 Å². The van der Waals surface area contributed by atoms with Crippen molar-refractivity contribution in [1.29, 1.82) is 0 Å². The molecule has 2 N–H and O–H groups in total. The molecule has 0 amide bonds. The molecule has 1 unspecified atom stereocenters. The lowest BCUT2D eigenvalue weighted by atomic mass is 10.1. The third kappa shape index (κ3) is 4.56. The first-order chi connectivity index (χ1) is 9.70. The standard InChI is InChI=1S/C14H20F3N3S/c1-4-9(3)8-20(5-2)13-10(12(18)21)6-7-11(19-13)14(15,16)17/h6-7,9H,4-5,8H2,1-3H3,(H2,18,21). The number of thiocarbonyl (C=S) groups is 1. The smallest absolute Gasteiger partial charge is 0.389 e. The minimum atomic E-state index is -4.49. The zero-order valence-electron chi connectivity index (χ0n) is 12.4. The fourth-order valence-corrected chi connectivity index (χ4v) is 2.07. The van der Waals surface area contributed by atoms with Crippen molar-refractivity contribution in [1.82, 2.24) is 4.98 Å². The molecule has 21 heavy (non-hydrogen) atoms. The van der Waals surface area contributed by atoms with Crippen LogP contribution in [0.25, 0.3) is 0 Å². The Morgan fingerprint density at radius 3 is 2.43 bits per heavy atom. The molecule has 7 heteroatoms. The van der Waals surface area contributed by atoms with E-state index in [0.717, 1.165) is 12.5 Å². The molecular formula is C14H20F3N3S. The van der Waals surface area contributed by atoms with Crippen LogP contribution >= 0.6 is 12.2 Å². The van der Waals surface area contributed by atoms with Gasteiger partial charge in [0.15, 0.2) is 0 Å². The molecular weight excluding hydrogens is 299 g/mol. The number of halogens is 3. The summed E-state index contributed by atoms with van der Waals surface area (Å²) in [5.74, 6) is 0.542. The Kier molecular flexibility index (Phi) is 5.95. The normalized spacial score (nSPS) is 13.0. The third-order valence-electron chi connectivity index (χ3n) is 3.34. The Morgan fingerprint density at radius 2 is 2.00 bits per heavy atom. The third-order valence-corrected chi connectivity index (χ3v) is 3.56. The maximum Gasteiger partial charge on any atom is 0.433 e. The highest BCUT2D eigenvalue weighted by atomic mass is 32.1. The number of pyridine rings is 1. The summed E-state index contributed by atoms with van der Waals surface area (Å²) in [6.45, 7) is 7.09. The number of rotatable bonds is 6. The molecule has 0 aromatic carbocycles. The second-order valence-electron chi connectivity index (χ2n) is 4.98. The van der Waals surface area contributed by atoms with E-state index in [2.05, 4.69) is 4.98 Å². The summed E-state index contributed by atoms with van der Waals surface area (Å²) in [5.41, 5.74) is 5.06. The van der Waals surface area contributed by atoms with Gasteiger partial charge in [0.1, 0.15) is 16.5 Å². The van der Waals surface area contributed by atoms with Crippen LogP contribution in [0.3, 0.4) is 0 Å². The highest BCUT2D eigenvalue weighted by Gasteiger charge is 2.33. The van der Waals surface area contributed by atoms with Crippen molar-refractivity contribution >= 4 is 23.0 Å². The van der Waals surface area contributed by atoms with Crippen LogP contribution in [-0.4, -0.2) is 23.1 Å². The van der Waals surface area contributed by atoms with Crippen molar-refractivity contribution in [2.24, 2.45) is 11.7 Å². The van der Waals surface area contributed by atoms with Gasteiger partial charge in [-0.3, -0.25) is 0 Å². The molecule has 0 spiro atoms. The number of alkyl halides is 3. The lowest BCUT2D eigenvalue weighted by Crippen LogP contribution is -2.32. The average molecular weight is 319 g/mol. The van der Waals surface area contributed by atoms with Gasteiger partial charge in [-0.2, -0.15) is 13.2 Å². The van der Waals surface area contributed by atoms with E-state index in [1.54, 1.807) is 4.90 Å². The molecule has 3 nitrogen and oxygen atoms in total. The van der Waals surface area contributed by atoms with Gasteiger partial charge in [-0.25, -0.2) is 4.98 Å². The van der Waals surface area contributed by atoms with Gasteiger partial charge in [-0.1, -0.05) is 32.5 Å². The van der Waals surface area contributed by atoms with E-state index in [1.807, 2.05) is 20.8 Å². The van der Waals surface area contributed by atoms with Crippen LogP contribution in [0.4, 0.5) is 19.0 Å². The number of nitrogens with two attached hydrogens (primary N) is 1. The number of aromatic nitrogens is 1. The molecule has 1 heterocycles. The van der Waals surface area contributed by atoms with Crippen LogP contribution in [0.1, 0.15) is 38.4 Å². The van der Waals surface area contributed by atoms with Crippen molar-refractivity contribution in [2.75, 3.05) is 18.0 Å². The lowest BCUT2D eigenvalue weighted by molar-refractivity contribution is -0.141. The monoisotopic (exact) mass is 319 g/mol. The van der Waals surface area contributed by atoms with Gasteiger partial charge in [0.2, 0.25) is 0 Å². The SMILES string of the molecule is CCC(C)CN(CC)c1nc(C(F)(F)F)ccc1C(N)=S. The molecule has 0 saturated carbocycles. The predicted molar refractivity (Wildman–Crippen MR) is 82.5 cm³/mol. The lowest BCUT2D eigenvalue weighted by Gasteiger charge is -2.27. The second-order valence-corrected chi connectivity index (χ2v) is 5.42. The Balaban J connectivity index is 3.30. The van der Waals surface area contributed by atoms with Gasteiger partial charge in [-0.15, -0.1) is 0 Å². The topological polar surface area (TPSA) is 42.2 Å². The zero-order chi connectivity index (χ0) is 16.2. The maximum absolute atomic E-state index is 12.9. The van der Waals surface area contributed by atoms with Crippen molar-refractivity contribution in [3.63, 3.8) is 0 Å². The highest BCUT2D eigenvalue weighted by molar-refractivity contribution is 7.80. The maximum atomic E-state index is 12.9. The van der Waals surface area contributed by atoms with E-state index in [4.69, 9.17) is 18.0 Å². The van der Waals surface area contributed by atoms with Gasteiger partial charge in [-0.05, 0) is 25.0 Å². The fraction of sp³-hybridized carbons (Fsp3) is 0.571. The minimum Gasteiger partial charge on any atom is -0.389 e. The summed E-state index contributed by atoms with van der Waals surface area (Å²) in [6, 6.07) is 2.21. The van der Waals surface area contributed by atoms with Crippen LogP contribution in [0, 0.1) is 5.92 Å². The predicted octanol–water partition coefficient (Wildman–Crippen LogP) is 3.61. The van der Waals surface area contributed by atoms with Crippen molar-refractivity contribution in [3.05, 3.63) is 23.4 Å². The summed E-state index contributed by atoms with van der Waals surface area (Å²) < 4.78 is 38.6. The largest absolute Gasteiger partial charge is 0.433 e. The molecule has 0 aliphatic rings. The second kappa shape index (κ2) is 7.06. The summed E-state index contributed by atoms with van der Waals surface area (Å²) in [4.78, 5) is 5.60. The Bertz CT molecular complexity index is 503. The van der Waals surface area contributed by atoms with Gasteiger partial charge in [0.05, 0.1) is 5.56 Å². The van der Waals surface area contributed by atoms with Crippen LogP contribution in [0.15, 0.2) is 12.1 Å². The van der Waals surface area contributed by atoms with Crippen LogP contribution < -0.4 is 10.6 Å². The van der Waals surface area contributed by atoms with E-state index in [1.165, 1.54) is 6.07 Å². The van der Waals surface area contributed by atoms with Gasteiger partial charge in [0.25, 0.3) is 0 Å². The number of nitrogens with zero attached hydrogens (tertiary/aromatic N) is 2. The molecule has 1 aromatic heterocycles. The molecule has 1 rings (SSSR count). The molecule has 118 valence electrons. The van der Waals surface area contributed by atoms with Crippen LogP contribution in [0.2, 0.25) is 0 Å². The Morgan fingerprint density at radius 1 is 1.38 bits per heavy atom. The number of anilines is 1. The molecule has 0 saturated heterocycles. The molecule has 0 fully saturated rings. The van der Waals surface area contributed by atoms with Crippen LogP contribution in [0.5, 0.6) is 0 Å². The van der Waals surface area contributed by atoms with Crippen LogP contribution in [-0.2, 0) is 6.18 Å². The average Bonchev–Trinajstić information content (AvgIpc) is 2.42. The van der Waals surface area contributed by atoms with E-state index >= 15 is 0 Å². The first kappa shape index (κ1) is 17.7. The summed E-state index contributed by atoms with van der Waals surface area (Å²) in [5, 5.41) is 0. The molecule has 0 radical (unpaired) electrons. The van der Waals surface area contributed by atoms with E-state index in [0.29, 0.717) is 24.6 Å².